The molecule has 3 aromatic rings. The highest BCUT2D eigenvalue weighted by molar-refractivity contribution is 5.78. The summed E-state index contributed by atoms with van der Waals surface area (Å²) < 4.78 is 11.4. The van der Waals surface area contributed by atoms with Gasteiger partial charge in [0.25, 0.3) is 5.91 Å². The molecule has 1 aliphatic heterocycles. The number of amides is 1. The van der Waals surface area contributed by atoms with Crippen molar-refractivity contribution in [2.75, 3.05) is 19.7 Å². The highest BCUT2D eigenvalue weighted by Crippen LogP contribution is 2.28. The third-order valence-corrected chi connectivity index (χ3v) is 4.46. The van der Waals surface area contributed by atoms with E-state index in [9.17, 15) is 4.79 Å². The molecule has 0 radical (unpaired) electrons. The first-order chi connectivity index (χ1) is 12.8. The zero-order valence-electron chi connectivity index (χ0n) is 14.2. The molecule has 1 amide bonds. The lowest BCUT2D eigenvalue weighted by molar-refractivity contribution is -0.132. The van der Waals surface area contributed by atoms with Crippen molar-refractivity contribution in [1.82, 2.24) is 15.1 Å². The van der Waals surface area contributed by atoms with Crippen molar-refractivity contribution < 1.29 is 13.9 Å². The Labute approximate surface area is 151 Å². The zero-order chi connectivity index (χ0) is 17.8. The highest BCUT2D eigenvalue weighted by atomic mass is 16.5. The molecule has 0 aliphatic carbocycles. The second-order valence-electron chi connectivity index (χ2n) is 6.24. The lowest BCUT2D eigenvalue weighted by atomic mass is 10.1. The molecule has 0 N–H and O–H groups in total. The van der Waals surface area contributed by atoms with Gasteiger partial charge < -0.3 is 14.1 Å². The first kappa shape index (κ1) is 16.3. The minimum atomic E-state index is -0.0286. The molecular formula is C20H19N3O3. The van der Waals surface area contributed by atoms with Gasteiger partial charge in [-0.05, 0) is 30.7 Å². The summed E-state index contributed by atoms with van der Waals surface area (Å²) in [5.41, 5.74) is 0.897. The average Bonchev–Trinajstić information content (AvgIpc) is 3.37. The topological polar surface area (TPSA) is 68.5 Å². The smallest absolute Gasteiger partial charge is 0.260 e. The minimum Gasteiger partial charge on any atom is -0.484 e. The summed E-state index contributed by atoms with van der Waals surface area (Å²) in [5, 5.41) is 8.31. The fraction of sp³-hybridized carbons (Fsp3) is 0.250. The van der Waals surface area contributed by atoms with E-state index in [2.05, 4.69) is 10.2 Å². The van der Waals surface area contributed by atoms with Gasteiger partial charge in [0.05, 0.1) is 5.92 Å². The van der Waals surface area contributed by atoms with Crippen molar-refractivity contribution in [3.05, 3.63) is 66.6 Å². The number of likely N-dealkylation sites (tertiary alicyclic amines) is 1. The first-order valence-corrected chi connectivity index (χ1v) is 8.64. The fourth-order valence-electron chi connectivity index (χ4n) is 3.04. The van der Waals surface area contributed by atoms with Crippen molar-refractivity contribution in [1.29, 1.82) is 0 Å². The third-order valence-electron chi connectivity index (χ3n) is 4.46. The zero-order valence-corrected chi connectivity index (χ0v) is 14.2. The van der Waals surface area contributed by atoms with Crippen LogP contribution in [-0.2, 0) is 4.79 Å². The van der Waals surface area contributed by atoms with Gasteiger partial charge in [-0.2, -0.15) is 0 Å². The van der Waals surface area contributed by atoms with Crippen LogP contribution in [0.4, 0.5) is 0 Å². The number of nitrogens with zero attached hydrogens (tertiary/aromatic N) is 3. The molecule has 4 rings (SSSR count). The van der Waals surface area contributed by atoms with Crippen LogP contribution in [-0.4, -0.2) is 40.7 Å². The van der Waals surface area contributed by atoms with Gasteiger partial charge in [-0.1, -0.05) is 36.4 Å². The normalized spacial score (nSPS) is 16.6. The fourth-order valence-corrected chi connectivity index (χ4v) is 3.04. The molecule has 0 unspecified atom stereocenters. The summed E-state index contributed by atoms with van der Waals surface area (Å²) in [6.07, 6.45) is 0.813. The standard InChI is InChI=1S/C20H19N3O3/c24-18(14-25-17-9-5-2-6-10-17)23-12-11-16(13-23)20-22-21-19(26-20)15-7-3-1-4-8-15/h1-10,16H,11-14H2/t16-/m0/s1. The third kappa shape index (κ3) is 3.59. The predicted molar refractivity (Wildman–Crippen MR) is 95.6 cm³/mol. The van der Waals surface area contributed by atoms with E-state index in [1.165, 1.54) is 0 Å². The van der Waals surface area contributed by atoms with Crippen LogP contribution in [0.15, 0.2) is 65.1 Å². The van der Waals surface area contributed by atoms with Crippen LogP contribution < -0.4 is 4.74 Å². The van der Waals surface area contributed by atoms with E-state index in [4.69, 9.17) is 9.15 Å². The van der Waals surface area contributed by atoms with Crippen LogP contribution in [0.5, 0.6) is 5.75 Å². The van der Waals surface area contributed by atoms with Gasteiger partial charge in [-0.3, -0.25) is 4.79 Å². The van der Waals surface area contributed by atoms with Crippen LogP contribution in [0.25, 0.3) is 11.5 Å². The van der Waals surface area contributed by atoms with Crippen LogP contribution >= 0.6 is 0 Å². The van der Waals surface area contributed by atoms with Gasteiger partial charge in [-0.25, -0.2) is 0 Å². The molecule has 0 bridgehead atoms. The Bertz CT molecular complexity index is 864. The second-order valence-corrected chi connectivity index (χ2v) is 6.24. The maximum Gasteiger partial charge on any atom is 0.260 e. The Morgan fingerprint density at radius 3 is 2.58 bits per heavy atom. The second kappa shape index (κ2) is 7.39. The Morgan fingerprint density at radius 2 is 1.81 bits per heavy atom. The van der Waals surface area contributed by atoms with E-state index in [0.29, 0.717) is 30.6 Å². The average molecular weight is 349 g/mol. The number of carbonyl (C=O) groups is 1. The van der Waals surface area contributed by atoms with E-state index < -0.39 is 0 Å². The molecule has 0 spiro atoms. The lowest BCUT2D eigenvalue weighted by Crippen LogP contribution is -2.32. The summed E-state index contributed by atoms with van der Waals surface area (Å²) in [6.45, 7) is 1.29. The number of benzene rings is 2. The predicted octanol–water partition coefficient (Wildman–Crippen LogP) is 3.13. The molecule has 6 nitrogen and oxygen atoms in total. The monoisotopic (exact) mass is 349 g/mol. The Kier molecular flexibility index (Phi) is 4.64. The van der Waals surface area contributed by atoms with Crippen molar-refractivity contribution in [3.8, 4) is 17.2 Å². The summed E-state index contributed by atoms with van der Waals surface area (Å²) in [7, 11) is 0. The molecule has 6 heteroatoms. The minimum absolute atomic E-state index is 0.0286. The molecule has 1 aromatic heterocycles. The van der Waals surface area contributed by atoms with Gasteiger partial charge in [0.15, 0.2) is 6.61 Å². The van der Waals surface area contributed by atoms with Gasteiger partial charge in [0.1, 0.15) is 5.75 Å². The number of ether oxygens (including phenoxy) is 1. The Balaban J connectivity index is 1.35. The van der Waals surface area contributed by atoms with Gasteiger partial charge in [0.2, 0.25) is 11.8 Å². The number of hydrogen-bond acceptors (Lipinski definition) is 5. The van der Waals surface area contributed by atoms with Crippen molar-refractivity contribution in [2.45, 2.75) is 12.3 Å². The first-order valence-electron chi connectivity index (χ1n) is 8.64. The van der Waals surface area contributed by atoms with Crippen molar-refractivity contribution >= 4 is 5.91 Å². The molecule has 1 atom stereocenters. The molecule has 1 fully saturated rings. The molecule has 26 heavy (non-hydrogen) atoms. The largest absolute Gasteiger partial charge is 0.484 e. The Morgan fingerprint density at radius 1 is 1.08 bits per heavy atom. The number of carbonyl (C=O) groups excluding carboxylic acids is 1. The number of aromatic nitrogens is 2. The molecule has 1 saturated heterocycles. The number of rotatable bonds is 5. The SMILES string of the molecule is O=C(COc1ccccc1)N1CC[C@H](c2nnc(-c3ccccc3)o2)C1. The summed E-state index contributed by atoms with van der Waals surface area (Å²) in [5.74, 6) is 1.83. The van der Waals surface area contributed by atoms with E-state index in [1.54, 1.807) is 4.90 Å². The molecular weight excluding hydrogens is 330 g/mol. The van der Waals surface area contributed by atoms with E-state index in [0.717, 1.165) is 12.0 Å². The van der Waals surface area contributed by atoms with Gasteiger partial charge in [0, 0.05) is 18.7 Å². The highest BCUT2D eigenvalue weighted by Gasteiger charge is 2.31. The van der Waals surface area contributed by atoms with Crippen molar-refractivity contribution in [2.24, 2.45) is 0 Å². The quantitative estimate of drug-likeness (QED) is 0.708. The van der Waals surface area contributed by atoms with E-state index in [1.807, 2.05) is 60.7 Å². The molecule has 0 saturated carbocycles. The molecule has 132 valence electrons. The molecule has 2 heterocycles. The number of para-hydroxylation sites is 1. The molecule has 1 aliphatic rings. The van der Waals surface area contributed by atoms with Crippen LogP contribution in [0, 0.1) is 0 Å². The van der Waals surface area contributed by atoms with Crippen LogP contribution in [0.3, 0.4) is 0 Å². The summed E-state index contributed by atoms with van der Waals surface area (Å²) in [6, 6.07) is 19.0. The van der Waals surface area contributed by atoms with E-state index >= 15 is 0 Å². The lowest BCUT2D eigenvalue weighted by Gasteiger charge is -2.16. The maximum atomic E-state index is 12.4. The molecule has 2 aromatic carbocycles. The van der Waals surface area contributed by atoms with Gasteiger partial charge >= 0.3 is 0 Å². The van der Waals surface area contributed by atoms with E-state index in [-0.39, 0.29) is 18.4 Å². The Hall–Kier alpha value is -3.15. The summed E-state index contributed by atoms with van der Waals surface area (Å²) in [4.78, 5) is 14.1. The van der Waals surface area contributed by atoms with Crippen molar-refractivity contribution in [3.63, 3.8) is 0 Å². The number of hydrogen-bond donors (Lipinski definition) is 0. The maximum absolute atomic E-state index is 12.4. The van der Waals surface area contributed by atoms with Crippen LogP contribution in [0.2, 0.25) is 0 Å². The van der Waals surface area contributed by atoms with Crippen LogP contribution in [0.1, 0.15) is 18.2 Å². The summed E-state index contributed by atoms with van der Waals surface area (Å²) >= 11 is 0. The van der Waals surface area contributed by atoms with Gasteiger partial charge in [-0.15, -0.1) is 10.2 Å².